The van der Waals surface area contributed by atoms with Crippen LogP contribution in [0.5, 0.6) is 0 Å². The number of anilines is 1. The van der Waals surface area contributed by atoms with E-state index in [4.69, 9.17) is 4.74 Å². The number of hydrogen-bond donors (Lipinski definition) is 2. The summed E-state index contributed by atoms with van der Waals surface area (Å²) in [5.41, 5.74) is 1.73. The second-order valence-electron chi connectivity index (χ2n) is 7.04. The van der Waals surface area contributed by atoms with Gasteiger partial charge < -0.3 is 20.3 Å². The second kappa shape index (κ2) is 8.85. The third kappa shape index (κ3) is 6.05. The molecule has 138 valence electrons. The van der Waals surface area contributed by atoms with E-state index in [1.807, 2.05) is 38.1 Å². The number of amides is 2. The van der Waals surface area contributed by atoms with Crippen LogP contribution in [-0.4, -0.2) is 42.6 Å². The zero-order valence-electron chi connectivity index (χ0n) is 15.5. The number of likely N-dealkylation sites (tertiary alicyclic amines) is 1. The average Bonchev–Trinajstić information content (AvgIpc) is 2.56. The quantitative estimate of drug-likeness (QED) is 0.859. The molecule has 1 fully saturated rings. The first kappa shape index (κ1) is 19.2. The Bertz CT molecular complexity index is 586. The van der Waals surface area contributed by atoms with Gasteiger partial charge in [-0.2, -0.15) is 0 Å². The van der Waals surface area contributed by atoms with Crippen LogP contribution >= 0.6 is 0 Å². The van der Waals surface area contributed by atoms with Crippen molar-refractivity contribution >= 4 is 17.7 Å². The number of carbonyl (C=O) groups is 2. The zero-order valence-corrected chi connectivity index (χ0v) is 15.5. The first-order valence-corrected chi connectivity index (χ1v) is 8.89. The summed E-state index contributed by atoms with van der Waals surface area (Å²) in [5, 5.41) is 5.69. The van der Waals surface area contributed by atoms with Crippen LogP contribution in [0.15, 0.2) is 24.3 Å². The maximum absolute atomic E-state index is 12.4. The minimum atomic E-state index is -0.427. The number of piperidine rings is 1. The van der Waals surface area contributed by atoms with Crippen molar-refractivity contribution in [3.8, 4) is 0 Å². The first-order chi connectivity index (χ1) is 11.8. The molecule has 25 heavy (non-hydrogen) atoms. The Morgan fingerprint density at radius 3 is 2.56 bits per heavy atom. The van der Waals surface area contributed by atoms with Crippen LogP contribution in [-0.2, 0) is 16.1 Å². The predicted octanol–water partition coefficient (Wildman–Crippen LogP) is 2.99. The van der Waals surface area contributed by atoms with Crippen molar-refractivity contribution in [3.63, 3.8) is 0 Å². The van der Waals surface area contributed by atoms with Gasteiger partial charge in [0.25, 0.3) is 0 Å². The fourth-order valence-corrected chi connectivity index (χ4v) is 2.91. The summed E-state index contributed by atoms with van der Waals surface area (Å²) in [7, 11) is 2.10. The number of carbonyl (C=O) groups excluding carboxylic acids is 2. The van der Waals surface area contributed by atoms with Gasteiger partial charge in [-0.25, -0.2) is 4.79 Å². The summed E-state index contributed by atoms with van der Waals surface area (Å²) in [6, 6.07) is 7.94. The Morgan fingerprint density at radius 1 is 1.28 bits per heavy atom. The molecule has 0 aliphatic carbocycles. The van der Waals surface area contributed by atoms with Crippen molar-refractivity contribution < 1.29 is 14.3 Å². The maximum atomic E-state index is 12.4. The van der Waals surface area contributed by atoms with Gasteiger partial charge in [0.2, 0.25) is 5.91 Å². The summed E-state index contributed by atoms with van der Waals surface area (Å²) in [5.74, 6) is 0.157. The van der Waals surface area contributed by atoms with E-state index in [1.165, 1.54) is 0 Å². The fraction of sp³-hybridized carbons (Fsp3) is 0.579. The Morgan fingerprint density at radius 2 is 1.96 bits per heavy atom. The van der Waals surface area contributed by atoms with E-state index in [0.29, 0.717) is 12.6 Å². The second-order valence-corrected chi connectivity index (χ2v) is 7.04. The SMILES string of the molecule is CC(C)OC(=O)NCc1ccc(NC(=O)[C@H]2CCN(C)[C@@H](C)C2)cc1. The molecule has 1 aromatic carbocycles. The molecule has 2 atom stereocenters. The van der Waals surface area contributed by atoms with Crippen LogP contribution < -0.4 is 10.6 Å². The van der Waals surface area contributed by atoms with E-state index in [9.17, 15) is 9.59 Å². The first-order valence-electron chi connectivity index (χ1n) is 8.89. The Balaban J connectivity index is 1.81. The van der Waals surface area contributed by atoms with E-state index in [0.717, 1.165) is 30.6 Å². The Labute approximate surface area is 149 Å². The van der Waals surface area contributed by atoms with Gasteiger partial charge in [0, 0.05) is 24.2 Å². The van der Waals surface area contributed by atoms with Crippen molar-refractivity contribution in [2.75, 3.05) is 18.9 Å². The molecule has 1 heterocycles. The standard InChI is InChI=1S/C19H29N3O3/c1-13(2)25-19(24)20-12-15-5-7-17(8-6-15)21-18(23)16-9-10-22(4)14(3)11-16/h5-8,13-14,16H,9-12H2,1-4H3,(H,20,24)(H,21,23)/t14-,16-/m0/s1. The molecule has 1 aliphatic rings. The fourth-order valence-electron chi connectivity index (χ4n) is 2.91. The number of alkyl carbamates (subject to hydrolysis) is 1. The third-order valence-corrected chi connectivity index (χ3v) is 4.58. The normalized spacial score (nSPS) is 21.0. The van der Waals surface area contributed by atoms with Gasteiger partial charge in [-0.1, -0.05) is 12.1 Å². The van der Waals surface area contributed by atoms with E-state index < -0.39 is 6.09 Å². The zero-order chi connectivity index (χ0) is 18.4. The van der Waals surface area contributed by atoms with Crippen LogP contribution in [0.3, 0.4) is 0 Å². The molecular weight excluding hydrogens is 318 g/mol. The van der Waals surface area contributed by atoms with Crippen LogP contribution in [0.2, 0.25) is 0 Å². The highest BCUT2D eigenvalue weighted by Gasteiger charge is 2.27. The van der Waals surface area contributed by atoms with Crippen LogP contribution in [0.4, 0.5) is 10.5 Å². The molecule has 0 spiro atoms. The smallest absolute Gasteiger partial charge is 0.407 e. The monoisotopic (exact) mass is 347 g/mol. The number of hydrogen-bond acceptors (Lipinski definition) is 4. The van der Waals surface area contributed by atoms with Gasteiger partial charge in [0.15, 0.2) is 0 Å². The highest BCUT2D eigenvalue weighted by atomic mass is 16.6. The van der Waals surface area contributed by atoms with E-state index in [2.05, 4.69) is 29.5 Å². The minimum absolute atomic E-state index is 0.0679. The number of benzene rings is 1. The molecule has 1 saturated heterocycles. The molecule has 1 aliphatic heterocycles. The van der Waals surface area contributed by atoms with Crippen LogP contribution in [0.25, 0.3) is 0 Å². The van der Waals surface area contributed by atoms with Gasteiger partial charge in [-0.05, 0) is 64.9 Å². The maximum Gasteiger partial charge on any atom is 0.407 e. The molecule has 2 N–H and O–H groups in total. The molecule has 2 rings (SSSR count). The highest BCUT2D eigenvalue weighted by Crippen LogP contribution is 2.23. The molecule has 6 nitrogen and oxygen atoms in total. The lowest BCUT2D eigenvalue weighted by atomic mass is 9.91. The predicted molar refractivity (Wildman–Crippen MR) is 98.3 cm³/mol. The van der Waals surface area contributed by atoms with Gasteiger partial charge in [-0.15, -0.1) is 0 Å². The van der Waals surface area contributed by atoms with Gasteiger partial charge in [0.1, 0.15) is 0 Å². The summed E-state index contributed by atoms with van der Waals surface area (Å²) in [6.45, 7) is 7.12. The lowest BCUT2D eigenvalue weighted by Gasteiger charge is -2.34. The Hall–Kier alpha value is -2.08. The summed E-state index contributed by atoms with van der Waals surface area (Å²) in [6.07, 6.45) is 1.22. The molecule has 0 aromatic heterocycles. The molecular formula is C19H29N3O3. The molecule has 0 bridgehead atoms. The van der Waals surface area contributed by atoms with Gasteiger partial charge in [-0.3, -0.25) is 4.79 Å². The lowest BCUT2D eigenvalue weighted by Crippen LogP contribution is -2.41. The summed E-state index contributed by atoms with van der Waals surface area (Å²) >= 11 is 0. The number of nitrogens with zero attached hydrogens (tertiary/aromatic N) is 1. The van der Waals surface area contributed by atoms with Crippen molar-refractivity contribution in [2.24, 2.45) is 5.92 Å². The van der Waals surface area contributed by atoms with Crippen molar-refractivity contribution in [2.45, 2.75) is 52.3 Å². The highest BCUT2D eigenvalue weighted by molar-refractivity contribution is 5.92. The number of nitrogens with one attached hydrogen (secondary N) is 2. The minimum Gasteiger partial charge on any atom is -0.447 e. The topological polar surface area (TPSA) is 70.7 Å². The van der Waals surface area contributed by atoms with Gasteiger partial charge >= 0.3 is 6.09 Å². The van der Waals surface area contributed by atoms with Crippen LogP contribution in [0, 0.1) is 5.92 Å². The van der Waals surface area contributed by atoms with Crippen LogP contribution in [0.1, 0.15) is 39.2 Å². The number of rotatable bonds is 5. The molecule has 2 amide bonds. The van der Waals surface area contributed by atoms with E-state index in [1.54, 1.807) is 0 Å². The average molecular weight is 347 g/mol. The largest absolute Gasteiger partial charge is 0.447 e. The Kier molecular flexibility index (Phi) is 6.82. The van der Waals surface area contributed by atoms with Gasteiger partial charge in [0.05, 0.1) is 6.10 Å². The molecule has 1 aromatic rings. The van der Waals surface area contributed by atoms with E-state index in [-0.39, 0.29) is 17.9 Å². The van der Waals surface area contributed by atoms with Crippen molar-refractivity contribution in [3.05, 3.63) is 29.8 Å². The molecule has 0 radical (unpaired) electrons. The lowest BCUT2D eigenvalue weighted by molar-refractivity contribution is -0.121. The third-order valence-electron chi connectivity index (χ3n) is 4.58. The summed E-state index contributed by atoms with van der Waals surface area (Å²) in [4.78, 5) is 26.2. The van der Waals surface area contributed by atoms with E-state index >= 15 is 0 Å². The summed E-state index contributed by atoms with van der Waals surface area (Å²) < 4.78 is 5.02. The number of ether oxygens (including phenoxy) is 1. The van der Waals surface area contributed by atoms with Crippen molar-refractivity contribution in [1.82, 2.24) is 10.2 Å². The molecule has 0 unspecified atom stereocenters. The molecule has 6 heteroatoms. The van der Waals surface area contributed by atoms with Crippen molar-refractivity contribution in [1.29, 1.82) is 0 Å². The molecule has 0 saturated carbocycles.